The summed E-state index contributed by atoms with van der Waals surface area (Å²) in [5, 5.41) is 3.03. The number of fused-ring (bicyclic) bond motifs is 3. The second-order valence-corrected chi connectivity index (χ2v) is 6.87. The van der Waals surface area contributed by atoms with Crippen molar-refractivity contribution in [2.45, 2.75) is 32.7 Å². The molecule has 4 atom stereocenters. The number of nitrogens with one attached hydrogen (secondary N) is 1. The van der Waals surface area contributed by atoms with Gasteiger partial charge in [-0.25, -0.2) is 0 Å². The smallest absolute Gasteiger partial charge is 0.287 e. The molecule has 0 radical (unpaired) electrons. The minimum Gasteiger partial charge on any atom is -0.459 e. The van der Waals surface area contributed by atoms with Crippen LogP contribution in [0.4, 0.5) is 0 Å². The van der Waals surface area contributed by atoms with E-state index in [0.29, 0.717) is 11.8 Å². The Morgan fingerprint density at radius 2 is 2.26 bits per heavy atom. The minimum atomic E-state index is -0.0997. The fourth-order valence-electron chi connectivity index (χ4n) is 4.19. The molecular formula is C18H29N3O2. The van der Waals surface area contributed by atoms with Gasteiger partial charge in [0.05, 0.1) is 6.26 Å². The van der Waals surface area contributed by atoms with Crippen LogP contribution in [0.3, 0.4) is 0 Å². The van der Waals surface area contributed by atoms with Gasteiger partial charge < -0.3 is 14.6 Å². The van der Waals surface area contributed by atoms with Gasteiger partial charge in [-0.1, -0.05) is 13.8 Å². The first kappa shape index (κ1) is 16.5. The van der Waals surface area contributed by atoms with E-state index in [0.717, 1.165) is 31.5 Å². The molecule has 5 heteroatoms. The van der Waals surface area contributed by atoms with Gasteiger partial charge in [-0.2, -0.15) is 0 Å². The minimum absolute atomic E-state index is 0.0997. The lowest BCUT2D eigenvalue weighted by molar-refractivity contribution is -0.0105. The van der Waals surface area contributed by atoms with Crippen molar-refractivity contribution >= 4 is 5.91 Å². The van der Waals surface area contributed by atoms with E-state index in [1.165, 1.54) is 32.5 Å². The summed E-state index contributed by atoms with van der Waals surface area (Å²) in [5.74, 6) is 1.91. The highest BCUT2D eigenvalue weighted by Crippen LogP contribution is 2.36. The van der Waals surface area contributed by atoms with Crippen molar-refractivity contribution in [2.24, 2.45) is 11.8 Å². The van der Waals surface area contributed by atoms with Crippen molar-refractivity contribution in [3.05, 3.63) is 24.2 Å². The van der Waals surface area contributed by atoms with Crippen LogP contribution >= 0.6 is 0 Å². The number of piperidine rings is 3. The van der Waals surface area contributed by atoms with Crippen LogP contribution in [0.25, 0.3) is 0 Å². The molecule has 3 aliphatic rings. The zero-order chi connectivity index (χ0) is 16.2. The topological polar surface area (TPSA) is 48.7 Å². The molecule has 4 rings (SSSR count). The van der Waals surface area contributed by atoms with E-state index < -0.39 is 0 Å². The summed E-state index contributed by atoms with van der Waals surface area (Å²) in [6, 6.07) is 3.95. The van der Waals surface area contributed by atoms with Crippen molar-refractivity contribution in [3.63, 3.8) is 0 Å². The maximum Gasteiger partial charge on any atom is 0.287 e. The summed E-state index contributed by atoms with van der Waals surface area (Å²) < 4.78 is 5.15. The van der Waals surface area contributed by atoms with Crippen molar-refractivity contribution in [2.75, 3.05) is 39.3 Å². The van der Waals surface area contributed by atoms with Gasteiger partial charge in [0, 0.05) is 25.7 Å². The fourth-order valence-corrected chi connectivity index (χ4v) is 4.19. The summed E-state index contributed by atoms with van der Waals surface area (Å²) in [7, 11) is 0. The van der Waals surface area contributed by atoms with E-state index in [4.69, 9.17) is 4.42 Å². The van der Waals surface area contributed by atoms with Gasteiger partial charge in [-0.05, 0) is 56.4 Å². The molecule has 0 saturated carbocycles. The van der Waals surface area contributed by atoms with Crippen molar-refractivity contribution < 1.29 is 9.21 Å². The Morgan fingerprint density at radius 3 is 2.87 bits per heavy atom. The predicted molar refractivity (Wildman–Crippen MR) is 90.4 cm³/mol. The molecule has 3 aliphatic heterocycles. The first-order valence-corrected chi connectivity index (χ1v) is 8.99. The Kier molecular flexibility index (Phi) is 5.38. The van der Waals surface area contributed by atoms with Gasteiger partial charge in [-0.3, -0.25) is 9.69 Å². The number of hydrogen-bond donors (Lipinski definition) is 1. The number of nitrogens with zero attached hydrogens (tertiary/aromatic N) is 2. The summed E-state index contributed by atoms with van der Waals surface area (Å²) in [4.78, 5) is 17.1. The zero-order valence-electron chi connectivity index (χ0n) is 14.3. The lowest BCUT2D eigenvalue weighted by Crippen LogP contribution is -2.58. The maximum atomic E-state index is 12.0. The van der Waals surface area contributed by atoms with Gasteiger partial charge in [0.1, 0.15) is 0 Å². The van der Waals surface area contributed by atoms with Gasteiger partial charge >= 0.3 is 0 Å². The van der Waals surface area contributed by atoms with E-state index in [-0.39, 0.29) is 5.91 Å². The normalized spacial score (nSPS) is 29.9. The Morgan fingerprint density at radius 1 is 1.43 bits per heavy atom. The van der Waals surface area contributed by atoms with Crippen LogP contribution < -0.4 is 5.32 Å². The lowest BCUT2D eigenvalue weighted by atomic mass is 9.75. The van der Waals surface area contributed by atoms with Crippen LogP contribution in [0.1, 0.15) is 37.2 Å². The summed E-state index contributed by atoms with van der Waals surface area (Å²) >= 11 is 0. The molecular weight excluding hydrogens is 290 g/mol. The highest BCUT2D eigenvalue weighted by molar-refractivity contribution is 5.91. The molecule has 0 aromatic carbocycles. The molecule has 3 fully saturated rings. The molecule has 4 unspecified atom stereocenters. The zero-order valence-corrected chi connectivity index (χ0v) is 14.3. The molecule has 3 saturated heterocycles. The number of carbonyl (C=O) groups excluding carboxylic acids is 1. The van der Waals surface area contributed by atoms with E-state index in [9.17, 15) is 4.79 Å². The summed E-state index contributed by atoms with van der Waals surface area (Å²) in [5.41, 5.74) is 0. The molecule has 5 nitrogen and oxygen atoms in total. The average molecular weight is 319 g/mol. The van der Waals surface area contributed by atoms with E-state index in [2.05, 4.69) is 29.0 Å². The number of furan rings is 1. The van der Waals surface area contributed by atoms with E-state index in [1.807, 2.05) is 0 Å². The Balaban J connectivity index is 1.50. The summed E-state index contributed by atoms with van der Waals surface area (Å²) in [6.45, 7) is 11.1. The highest BCUT2D eigenvalue weighted by Gasteiger charge is 2.40. The first-order valence-electron chi connectivity index (χ1n) is 8.99. The van der Waals surface area contributed by atoms with E-state index >= 15 is 0 Å². The molecule has 1 aromatic rings. The molecule has 23 heavy (non-hydrogen) atoms. The average Bonchev–Trinajstić information content (AvgIpc) is 3.13. The van der Waals surface area contributed by atoms with Gasteiger partial charge in [-0.15, -0.1) is 0 Å². The Bertz CT molecular complexity index is 498. The molecule has 2 bridgehead atoms. The molecule has 1 N–H and O–H groups in total. The molecule has 1 amide bonds. The number of amides is 1. The summed E-state index contributed by atoms with van der Waals surface area (Å²) in [6.07, 6.45) is 4.07. The fraction of sp³-hybridized carbons (Fsp3) is 0.722. The second kappa shape index (κ2) is 7.49. The van der Waals surface area contributed by atoms with Crippen molar-refractivity contribution in [1.82, 2.24) is 15.1 Å². The number of carbonyl (C=O) groups is 1. The van der Waals surface area contributed by atoms with E-state index in [1.54, 1.807) is 18.4 Å². The largest absolute Gasteiger partial charge is 0.459 e. The Hall–Kier alpha value is -1.33. The van der Waals surface area contributed by atoms with Crippen LogP contribution in [0, 0.1) is 11.8 Å². The third kappa shape index (κ3) is 3.78. The molecule has 4 heterocycles. The van der Waals surface area contributed by atoms with Crippen LogP contribution in [0.2, 0.25) is 0 Å². The number of rotatable bonds is 7. The Labute approximate surface area is 139 Å². The highest BCUT2D eigenvalue weighted by atomic mass is 16.3. The lowest BCUT2D eigenvalue weighted by Gasteiger charge is -2.50. The van der Waals surface area contributed by atoms with Crippen molar-refractivity contribution in [3.8, 4) is 0 Å². The quantitative estimate of drug-likeness (QED) is 0.836. The maximum absolute atomic E-state index is 12.0. The monoisotopic (exact) mass is 319 g/mol. The molecule has 0 aliphatic carbocycles. The van der Waals surface area contributed by atoms with Crippen LogP contribution in [0.15, 0.2) is 22.8 Å². The van der Waals surface area contributed by atoms with Gasteiger partial charge in [0.25, 0.3) is 5.91 Å². The SMILES string of the molecule is CCN(CC)CC1CN2CCC1CC2CNC(=O)c1ccco1. The van der Waals surface area contributed by atoms with Crippen molar-refractivity contribution in [1.29, 1.82) is 0 Å². The standard InChI is InChI=1S/C18H29N3O2/c1-3-20(4-2)12-15-13-21-8-7-14(15)10-16(21)11-19-18(22)17-6-5-9-23-17/h5-6,9,14-16H,3-4,7-8,10-13H2,1-2H3,(H,19,22). The second-order valence-electron chi connectivity index (χ2n) is 6.87. The third-order valence-corrected chi connectivity index (χ3v) is 5.64. The van der Waals surface area contributed by atoms with Gasteiger partial charge in [0.15, 0.2) is 5.76 Å². The van der Waals surface area contributed by atoms with Crippen LogP contribution in [-0.2, 0) is 0 Å². The van der Waals surface area contributed by atoms with Gasteiger partial charge in [0.2, 0.25) is 0 Å². The number of hydrogen-bond acceptors (Lipinski definition) is 4. The molecule has 128 valence electrons. The van der Waals surface area contributed by atoms with Crippen LogP contribution in [-0.4, -0.2) is 61.0 Å². The molecule has 0 spiro atoms. The third-order valence-electron chi connectivity index (χ3n) is 5.64. The van der Waals surface area contributed by atoms with Crippen LogP contribution in [0.5, 0.6) is 0 Å². The predicted octanol–water partition coefficient (Wildman–Crippen LogP) is 2.06. The molecule has 1 aromatic heterocycles. The first-order chi connectivity index (χ1) is 11.2.